The molecule has 2 heterocycles. The molecule has 13 rings (SSSR count). The Balaban J connectivity index is 1.02. The lowest BCUT2D eigenvalue weighted by Gasteiger charge is -2.34. The van der Waals surface area contributed by atoms with Crippen LogP contribution in [0.2, 0.25) is 0 Å². The maximum absolute atomic E-state index is 6.83. The maximum Gasteiger partial charge on any atom is 0.159 e. The molecule has 0 atom stereocenters. The molecule has 0 N–H and O–H groups in total. The Morgan fingerprint density at radius 2 is 0.953 bits per heavy atom. The highest BCUT2D eigenvalue weighted by Gasteiger charge is 2.47. The Bertz CT molecular complexity index is 3640. The van der Waals surface area contributed by atoms with Crippen molar-refractivity contribution in [2.24, 2.45) is 0 Å². The standard InChI is InChI=1S/C61H40N2O/c1-3-19-43(20-4-1)61(44-21-5-2-6-22-44)52-29-11-7-27-51(52)59-53(61)30-17-33-56(59)62(57-34-16-28-50-49-26-10-14-35-58(49)64-60(50)57)45-38-36-41(37-39-45)42-18-15-23-46(40-42)63-54-31-12-8-24-47(54)48-25-9-13-32-55(48)63/h1-40H. The summed E-state index contributed by atoms with van der Waals surface area (Å²) in [7, 11) is 0. The average Bonchev–Trinajstić information content (AvgIpc) is 4.02. The average molecular weight is 817 g/mol. The summed E-state index contributed by atoms with van der Waals surface area (Å²) < 4.78 is 9.22. The highest BCUT2D eigenvalue weighted by Crippen LogP contribution is 2.60. The molecule has 64 heavy (non-hydrogen) atoms. The van der Waals surface area contributed by atoms with Crippen molar-refractivity contribution in [2.45, 2.75) is 5.41 Å². The van der Waals surface area contributed by atoms with Crippen molar-refractivity contribution >= 4 is 60.8 Å². The van der Waals surface area contributed by atoms with Crippen LogP contribution >= 0.6 is 0 Å². The van der Waals surface area contributed by atoms with Gasteiger partial charge in [0.05, 0.1) is 27.8 Å². The molecule has 0 bridgehead atoms. The van der Waals surface area contributed by atoms with Crippen LogP contribution in [-0.4, -0.2) is 4.57 Å². The Morgan fingerprint density at radius 1 is 0.391 bits per heavy atom. The van der Waals surface area contributed by atoms with E-state index in [0.29, 0.717) is 0 Å². The first-order valence-electron chi connectivity index (χ1n) is 22.0. The SMILES string of the molecule is c1ccc(C2(c3ccccc3)c3ccccc3-c3c(N(c4ccc(-c5cccc(-n6c7ccccc7c7ccccc76)c5)cc4)c4cccc5c4oc4ccccc45)cccc32)cc1. The van der Waals surface area contributed by atoms with Crippen molar-refractivity contribution in [3.63, 3.8) is 0 Å². The number of rotatable bonds is 7. The van der Waals surface area contributed by atoms with E-state index in [1.165, 1.54) is 55.2 Å². The summed E-state index contributed by atoms with van der Waals surface area (Å²) in [6.45, 7) is 0. The summed E-state index contributed by atoms with van der Waals surface area (Å²) in [5.41, 5.74) is 17.6. The molecule has 10 aromatic carbocycles. The summed E-state index contributed by atoms with van der Waals surface area (Å²) in [5, 5.41) is 4.71. The van der Waals surface area contributed by atoms with Crippen LogP contribution in [0.1, 0.15) is 22.3 Å². The third-order valence-electron chi connectivity index (χ3n) is 13.5. The van der Waals surface area contributed by atoms with Gasteiger partial charge in [0.1, 0.15) is 5.58 Å². The van der Waals surface area contributed by atoms with Gasteiger partial charge in [-0.25, -0.2) is 0 Å². The summed E-state index contributed by atoms with van der Waals surface area (Å²) in [4.78, 5) is 2.42. The van der Waals surface area contributed by atoms with Gasteiger partial charge in [-0.15, -0.1) is 0 Å². The maximum atomic E-state index is 6.83. The molecule has 300 valence electrons. The smallest absolute Gasteiger partial charge is 0.159 e. The van der Waals surface area contributed by atoms with E-state index in [1.807, 2.05) is 6.07 Å². The quantitative estimate of drug-likeness (QED) is 0.160. The third-order valence-corrected chi connectivity index (χ3v) is 13.5. The van der Waals surface area contributed by atoms with Crippen LogP contribution in [0.4, 0.5) is 17.1 Å². The molecule has 2 aromatic heterocycles. The summed E-state index contributed by atoms with van der Waals surface area (Å²) in [6.07, 6.45) is 0. The van der Waals surface area contributed by atoms with Gasteiger partial charge in [0.2, 0.25) is 0 Å². The van der Waals surface area contributed by atoms with Gasteiger partial charge in [0.15, 0.2) is 5.58 Å². The van der Waals surface area contributed by atoms with Crippen molar-refractivity contribution in [3.05, 3.63) is 265 Å². The predicted octanol–water partition coefficient (Wildman–Crippen LogP) is 16.2. The van der Waals surface area contributed by atoms with Crippen molar-refractivity contribution in [1.82, 2.24) is 4.57 Å². The van der Waals surface area contributed by atoms with Gasteiger partial charge in [-0.2, -0.15) is 0 Å². The highest BCUT2D eigenvalue weighted by atomic mass is 16.3. The lowest BCUT2D eigenvalue weighted by Crippen LogP contribution is -2.28. The van der Waals surface area contributed by atoms with Crippen LogP contribution in [-0.2, 0) is 5.41 Å². The van der Waals surface area contributed by atoms with Crippen LogP contribution in [0.15, 0.2) is 247 Å². The van der Waals surface area contributed by atoms with Crippen molar-refractivity contribution < 1.29 is 4.42 Å². The molecule has 0 aliphatic heterocycles. The highest BCUT2D eigenvalue weighted by molar-refractivity contribution is 6.12. The Hall–Kier alpha value is -8.40. The first-order valence-corrected chi connectivity index (χ1v) is 22.0. The minimum Gasteiger partial charge on any atom is -0.454 e. The largest absolute Gasteiger partial charge is 0.454 e. The molecule has 1 aliphatic rings. The van der Waals surface area contributed by atoms with Gasteiger partial charge >= 0.3 is 0 Å². The number of furan rings is 1. The second-order valence-electron chi connectivity index (χ2n) is 16.8. The fourth-order valence-electron chi connectivity index (χ4n) is 10.8. The van der Waals surface area contributed by atoms with E-state index in [-0.39, 0.29) is 0 Å². The number of nitrogens with zero attached hydrogens (tertiary/aromatic N) is 2. The molecule has 3 heteroatoms. The minimum absolute atomic E-state index is 0.535. The molecule has 0 spiro atoms. The summed E-state index contributed by atoms with van der Waals surface area (Å²) >= 11 is 0. The van der Waals surface area contributed by atoms with E-state index in [4.69, 9.17) is 4.42 Å². The van der Waals surface area contributed by atoms with E-state index >= 15 is 0 Å². The number of anilines is 3. The molecule has 3 nitrogen and oxygen atoms in total. The zero-order chi connectivity index (χ0) is 42.2. The molecular formula is C61H40N2O. The normalized spacial score (nSPS) is 12.8. The number of aromatic nitrogens is 1. The summed E-state index contributed by atoms with van der Waals surface area (Å²) in [5.74, 6) is 0. The Labute approximate surface area is 371 Å². The number of hydrogen-bond donors (Lipinski definition) is 0. The van der Waals surface area contributed by atoms with Crippen LogP contribution in [0.25, 0.3) is 71.7 Å². The van der Waals surface area contributed by atoms with Gasteiger partial charge in [-0.1, -0.05) is 188 Å². The number of fused-ring (bicyclic) bond motifs is 9. The van der Waals surface area contributed by atoms with E-state index in [0.717, 1.165) is 55.8 Å². The second-order valence-corrected chi connectivity index (χ2v) is 16.8. The van der Waals surface area contributed by atoms with Crippen LogP contribution in [0.5, 0.6) is 0 Å². The Morgan fingerprint density at radius 3 is 1.69 bits per heavy atom. The summed E-state index contributed by atoms with van der Waals surface area (Å²) in [6, 6.07) is 88.2. The van der Waals surface area contributed by atoms with Gasteiger partial charge in [-0.3, -0.25) is 0 Å². The van der Waals surface area contributed by atoms with Crippen LogP contribution < -0.4 is 4.90 Å². The second kappa shape index (κ2) is 14.3. The van der Waals surface area contributed by atoms with E-state index in [9.17, 15) is 0 Å². The topological polar surface area (TPSA) is 21.3 Å². The zero-order valence-electron chi connectivity index (χ0n) is 34.9. The molecule has 0 radical (unpaired) electrons. The fourth-order valence-corrected chi connectivity index (χ4v) is 10.8. The molecule has 0 saturated heterocycles. The molecule has 12 aromatic rings. The van der Waals surface area contributed by atoms with Crippen LogP contribution in [0, 0.1) is 0 Å². The molecule has 0 unspecified atom stereocenters. The van der Waals surface area contributed by atoms with Crippen LogP contribution in [0.3, 0.4) is 0 Å². The number of para-hydroxylation sites is 4. The lowest BCUT2D eigenvalue weighted by atomic mass is 9.68. The lowest BCUT2D eigenvalue weighted by molar-refractivity contribution is 0.669. The fraction of sp³-hybridized carbons (Fsp3) is 0.0164. The van der Waals surface area contributed by atoms with Crippen molar-refractivity contribution in [1.29, 1.82) is 0 Å². The predicted molar refractivity (Wildman–Crippen MR) is 265 cm³/mol. The third kappa shape index (κ3) is 5.28. The Kier molecular flexibility index (Phi) is 8.13. The zero-order valence-corrected chi connectivity index (χ0v) is 34.9. The first kappa shape index (κ1) is 36.3. The number of hydrogen-bond acceptors (Lipinski definition) is 2. The van der Waals surface area contributed by atoms with Gasteiger partial charge < -0.3 is 13.9 Å². The molecular weight excluding hydrogens is 777 g/mol. The van der Waals surface area contributed by atoms with Crippen molar-refractivity contribution in [3.8, 4) is 27.9 Å². The van der Waals surface area contributed by atoms with Gasteiger partial charge in [0, 0.05) is 38.5 Å². The van der Waals surface area contributed by atoms with Gasteiger partial charge in [0.25, 0.3) is 0 Å². The number of benzene rings is 10. The molecule has 1 aliphatic carbocycles. The first-order chi connectivity index (χ1) is 31.8. The molecule has 0 amide bonds. The molecule has 0 fully saturated rings. The minimum atomic E-state index is -0.535. The van der Waals surface area contributed by atoms with E-state index in [2.05, 4.69) is 246 Å². The van der Waals surface area contributed by atoms with Gasteiger partial charge in [-0.05, 0) is 93.5 Å². The molecule has 0 saturated carbocycles. The van der Waals surface area contributed by atoms with Crippen molar-refractivity contribution in [2.75, 3.05) is 4.90 Å². The van der Waals surface area contributed by atoms with E-state index < -0.39 is 5.41 Å². The van der Waals surface area contributed by atoms with E-state index in [1.54, 1.807) is 0 Å². The monoisotopic (exact) mass is 816 g/mol.